The molecule has 3 aromatic rings. The number of halogens is 1. The molecule has 9 heteroatoms. The van der Waals surface area contributed by atoms with Crippen molar-refractivity contribution in [2.45, 2.75) is 32.4 Å². The van der Waals surface area contributed by atoms with Gasteiger partial charge in [0.25, 0.3) is 0 Å². The molecule has 1 aliphatic heterocycles. The average Bonchev–Trinajstić information content (AvgIpc) is 3.09. The molecule has 2 aromatic heterocycles. The van der Waals surface area contributed by atoms with Crippen LogP contribution in [0.4, 0.5) is 10.2 Å². The van der Waals surface area contributed by atoms with Gasteiger partial charge in [0, 0.05) is 30.8 Å². The Labute approximate surface area is 174 Å². The van der Waals surface area contributed by atoms with Crippen molar-refractivity contribution < 1.29 is 13.9 Å². The van der Waals surface area contributed by atoms with Crippen LogP contribution in [0, 0.1) is 6.92 Å². The largest absolute Gasteiger partial charge is 0.467 e. The van der Waals surface area contributed by atoms with E-state index in [1.54, 1.807) is 16.9 Å². The molecular formula is C21H25FN6O2. The van der Waals surface area contributed by atoms with Gasteiger partial charge >= 0.3 is 6.01 Å². The second kappa shape index (κ2) is 7.98. The predicted molar refractivity (Wildman–Crippen MR) is 112 cm³/mol. The second-order valence-electron chi connectivity index (χ2n) is 7.78. The number of aromatic nitrogens is 4. The number of nitrogens with one attached hydrogen (secondary N) is 1. The smallest absolute Gasteiger partial charge is 0.320 e. The summed E-state index contributed by atoms with van der Waals surface area (Å²) in [5.41, 5.74) is 2.86. The molecule has 0 bridgehead atoms. The normalized spacial score (nSPS) is 19.8. The van der Waals surface area contributed by atoms with Crippen LogP contribution in [0.25, 0.3) is 16.7 Å². The SMILES string of the molecule is COc1nc(NC(C)=O)cc(-n2ncc3cc(C)c(C4CCN(C)CC4F)cc32)n1. The molecule has 1 saturated heterocycles. The van der Waals surface area contributed by atoms with Crippen LogP contribution in [0.5, 0.6) is 6.01 Å². The maximum atomic E-state index is 14.8. The molecule has 1 N–H and O–H groups in total. The highest BCUT2D eigenvalue weighted by Crippen LogP contribution is 2.34. The lowest BCUT2D eigenvalue weighted by Crippen LogP contribution is -2.38. The molecule has 0 spiro atoms. The summed E-state index contributed by atoms with van der Waals surface area (Å²) in [6.07, 6.45) is 1.61. The molecule has 1 fully saturated rings. The molecule has 2 unspecified atom stereocenters. The van der Waals surface area contributed by atoms with E-state index in [1.165, 1.54) is 14.0 Å². The minimum absolute atomic E-state index is 0.117. The Hall–Kier alpha value is -3.07. The third kappa shape index (κ3) is 3.85. The Morgan fingerprint density at radius 3 is 2.80 bits per heavy atom. The van der Waals surface area contributed by atoms with Gasteiger partial charge in [-0.1, -0.05) is 0 Å². The maximum absolute atomic E-state index is 14.8. The third-order valence-corrected chi connectivity index (χ3v) is 5.50. The molecule has 2 atom stereocenters. The van der Waals surface area contributed by atoms with Gasteiger partial charge in [-0.15, -0.1) is 0 Å². The van der Waals surface area contributed by atoms with Crippen LogP contribution < -0.4 is 10.1 Å². The first-order valence-corrected chi connectivity index (χ1v) is 9.87. The summed E-state index contributed by atoms with van der Waals surface area (Å²) in [6.45, 7) is 4.72. The summed E-state index contributed by atoms with van der Waals surface area (Å²) in [5.74, 6) is 0.375. The number of methoxy groups -OCH3 is 1. The van der Waals surface area contributed by atoms with Crippen LogP contribution in [0.2, 0.25) is 0 Å². The van der Waals surface area contributed by atoms with Crippen LogP contribution in [0.3, 0.4) is 0 Å². The van der Waals surface area contributed by atoms with Gasteiger partial charge in [0.2, 0.25) is 5.91 Å². The molecular weight excluding hydrogens is 387 g/mol. The summed E-state index contributed by atoms with van der Waals surface area (Å²) in [5, 5.41) is 8.05. The number of fused-ring (bicyclic) bond motifs is 1. The van der Waals surface area contributed by atoms with Gasteiger partial charge in [0.05, 0.1) is 18.8 Å². The van der Waals surface area contributed by atoms with Gasteiger partial charge in [-0.2, -0.15) is 15.1 Å². The minimum atomic E-state index is -0.915. The van der Waals surface area contributed by atoms with Crippen LogP contribution in [0.15, 0.2) is 24.4 Å². The van der Waals surface area contributed by atoms with Crippen LogP contribution in [0.1, 0.15) is 30.4 Å². The number of likely N-dealkylation sites (tertiary alicyclic amines) is 1. The number of carbonyl (C=O) groups excluding carboxylic acids is 1. The quantitative estimate of drug-likeness (QED) is 0.709. The number of hydrogen-bond acceptors (Lipinski definition) is 6. The van der Waals surface area contributed by atoms with Crippen LogP contribution in [-0.4, -0.2) is 64.0 Å². The summed E-state index contributed by atoms with van der Waals surface area (Å²) in [7, 11) is 3.41. The highest BCUT2D eigenvalue weighted by Gasteiger charge is 2.30. The second-order valence-corrected chi connectivity index (χ2v) is 7.78. The van der Waals surface area contributed by atoms with Crippen molar-refractivity contribution in [2.75, 3.05) is 32.6 Å². The Morgan fingerprint density at radius 2 is 2.10 bits per heavy atom. The third-order valence-electron chi connectivity index (χ3n) is 5.50. The van der Waals surface area contributed by atoms with Gasteiger partial charge in [0.15, 0.2) is 5.82 Å². The fourth-order valence-electron chi connectivity index (χ4n) is 4.05. The molecule has 3 heterocycles. The number of benzene rings is 1. The van der Waals surface area contributed by atoms with E-state index in [9.17, 15) is 9.18 Å². The number of carbonyl (C=O) groups is 1. The van der Waals surface area contributed by atoms with Gasteiger partial charge < -0.3 is 15.0 Å². The molecule has 1 amide bonds. The first-order valence-electron chi connectivity index (χ1n) is 9.87. The van der Waals surface area contributed by atoms with E-state index >= 15 is 0 Å². The lowest BCUT2D eigenvalue weighted by Gasteiger charge is -2.33. The highest BCUT2D eigenvalue weighted by molar-refractivity contribution is 5.88. The molecule has 0 saturated carbocycles. The number of aryl methyl sites for hydroxylation is 1. The van der Waals surface area contributed by atoms with Crippen LogP contribution >= 0.6 is 0 Å². The van der Waals surface area contributed by atoms with E-state index < -0.39 is 6.17 Å². The zero-order valence-electron chi connectivity index (χ0n) is 17.5. The van der Waals surface area contributed by atoms with Crippen molar-refractivity contribution in [3.63, 3.8) is 0 Å². The number of rotatable bonds is 4. The Kier molecular flexibility index (Phi) is 5.38. The van der Waals surface area contributed by atoms with Gasteiger partial charge in [-0.3, -0.25) is 4.79 Å². The first kappa shape index (κ1) is 20.2. The highest BCUT2D eigenvalue weighted by atomic mass is 19.1. The van der Waals surface area contributed by atoms with Gasteiger partial charge in [-0.05, 0) is 50.2 Å². The lowest BCUT2D eigenvalue weighted by molar-refractivity contribution is -0.114. The zero-order valence-corrected chi connectivity index (χ0v) is 17.5. The molecule has 0 radical (unpaired) electrons. The monoisotopic (exact) mass is 412 g/mol. The molecule has 1 aliphatic rings. The van der Waals surface area contributed by atoms with Crippen molar-refractivity contribution in [1.82, 2.24) is 24.6 Å². The van der Waals surface area contributed by atoms with Crippen molar-refractivity contribution in [2.24, 2.45) is 0 Å². The number of alkyl halides is 1. The predicted octanol–water partition coefficient (Wildman–Crippen LogP) is 2.85. The minimum Gasteiger partial charge on any atom is -0.467 e. The maximum Gasteiger partial charge on any atom is 0.320 e. The Bertz CT molecular complexity index is 1100. The van der Waals surface area contributed by atoms with E-state index in [-0.39, 0.29) is 17.8 Å². The van der Waals surface area contributed by atoms with E-state index in [0.29, 0.717) is 18.2 Å². The average molecular weight is 412 g/mol. The number of anilines is 1. The van der Waals surface area contributed by atoms with E-state index in [1.807, 2.05) is 31.0 Å². The van der Waals surface area contributed by atoms with Crippen molar-refractivity contribution in [3.8, 4) is 11.8 Å². The lowest BCUT2D eigenvalue weighted by atomic mass is 9.85. The topological polar surface area (TPSA) is 85.2 Å². The molecule has 158 valence electrons. The molecule has 4 rings (SSSR count). The molecule has 1 aromatic carbocycles. The molecule has 0 aliphatic carbocycles. The number of piperidine rings is 1. The summed E-state index contributed by atoms with van der Waals surface area (Å²) >= 11 is 0. The zero-order chi connectivity index (χ0) is 21.4. The first-order chi connectivity index (χ1) is 14.4. The Balaban J connectivity index is 1.80. The van der Waals surface area contributed by atoms with Gasteiger partial charge in [-0.25, -0.2) is 9.07 Å². The number of nitrogens with zero attached hydrogens (tertiary/aromatic N) is 5. The number of hydrogen-bond donors (Lipinski definition) is 1. The Morgan fingerprint density at radius 1 is 1.30 bits per heavy atom. The van der Waals surface area contributed by atoms with E-state index in [4.69, 9.17) is 4.74 Å². The van der Waals surface area contributed by atoms with E-state index in [2.05, 4.69) is 20.4 Å². The number of amides is 1. The molecule has 8 nitrogen and oxygen atoms in total. The summed E-state index contributed by atoms with van der Waals surface area (Å²) in [6, 6.07) is 5.79. The van der Waals surface area contributed by atoms with E-state index in [0.717, 1.165) is 35.0 Å². The molecule has 30 heavy (non-hydrogen) atoms. The van der Waals surface area contributed by atoms with Crippen molar-refractivity contribution in [1.29, 1.82) is 0 Å². The fourth-order valence-corrected chi connectivity index (χ4v) is 4.05. The fraction of sp³-hybridized carbons (Fsp3) is 0.429. The van der Waals surface area contributed by atoms with Crippen molar-refractivity contribution >= 4 is 22.6 Å². The van der Waals surface area contributed by atoms with Gasteiger partial charge in [0.1, 0.15) is 12.0 Å². The number of ether oxygens (including phenoxy) is 1. The van der Waals surface area contributed by atoms with Crippen LogP contribution in [-0.2, 0) is 4.79 Å². The van der Waals surface area contributed by atoms with Crippen molar-refractivity contribution in [3.05, 3.63) is 35.5 Å². The standard InChI is InChI=1S/C21H25FN6O2/c1-12-7-14-10-23-28(20-9-19(24-13(2)29)25-21(26-20)30-4)18(14)8-16(12)15-5-6-27(3)11-17(15)22/h7-10,15,17H,5-6,11H2,1-4H3,(H,24,25,26,29). The summed E-state index contributed by atoms with van der Waals surface area (Å²) < 4.78 is 21.7. The summed E-state index contributed by atoms with van der Waals surface area (Å²) in [4.78, 5) is 22.0.